The van der Waals surface area contributed by atoms with Gasteiger partial charge < -0.3 is 25.7 Å². The van der Waals surface area contributed by atoms with E-state index in [0.717, 1.165) is 30.9 Å². The molecule has 1 aliphatic rings. The zero-order valence-corrected chi connectivity index (χ0v) is 12.3. The molecule has 0 saturated carbocycles. The van der Waals surface area contributed by atoms with E-state index in [-0.39, 0.29) is 11.9 Å². The Labute approximate surface area is 124 Å². The molecule has 0 spiro atoms. The number of rotatable bonds is 7. The van der Waals surface area contributed by atoms with E-state index in [1.54, 1.807) is 0 Å². The van der Waals surface area contributed by atoms with Crippen LogP contribution in [0.15, 0.2) is 23.4 Å². The van der Waals surface area contributed by atoms with Crippen LogP contribution in [0.1, 0.15) is 25.3 Å². The SMILES string of the molecule is CCC(CC(N)=NO)NCCc1ccc2c(c1)OCCO2. The van der Waals surface area contributed by atoms with E-state index in [9.17, 15) is 0 Å². The van der Waals surface area contributed by atoms with Crippen molar-refractivity contribution in [1.82, 2.24) is 5.32 Å². The van der Waals surface area contributed by atoms with Crippen LogP contribution in [0.5, 0.6) is 11.5 Å². The van der Waals surface area contributed by atoms with Crippen LogP contribution in [0.2, 0.25) is 0 Å². The first-order chi connectivity index (χ1) is 10.2. The standard InChI is InChI=1S/C15H23N3O3/c1-2-12(10-15(16)18-19)17-6-5-11-3-4-13-14(9-11)21-8-7-20-13/h3-4,9,12,17,19H,2,5-8,10H2,1H3,(H2,16,18). The minimum absolute atomic E-state index is 0.220. The lowest BCUT2D eigenvalue weighted by atomic mass is 10.1. The Balaban J connectivity index is 1.82. The maximum absolute atomic E-state index is 8.60. The number of benzene rings is 1. The van der Waals surface area contributed by atoms with Crippen LogP contribution in [-0.2, 0) is 6.42 Å². The summed E-state index contributed by atoms with van der Waals surface area (Å²) in [5, 5.41) is 15.0. The lowest BCUT2D eigenvalue weighted by Gasteiger charge is -2.19. The van der Waals surface area contributed by atoms with Gasteiger partial charge in [0.15, 0.2) is 11.5 Å². The summed E-state index contributed by atoms with van der Waals surface area (Å²) in [6.07, 6.45) is 2.37. The zero-order chi connectivity index (χ0) is 15.1. The highest BCUT2D eigenvalue weighted by molar-refractivity contribution is 5.80. The number of nitrogens with two attached hydrogens (primary N) is 1. The lowest BCUT2D eigenvalue weighted by Crippen LogP contribution is -2.34. The van der Waals surface area contributed by atoms with Gasteiger partial charge >= 0.3 is 0 Å². The molecule has 2 rings (SSSR count). The summed E-state index contributed by atoms with van der Waals surface area (Å²) in [6.45, 7) is 4.12. The fraction of sp³-hybridized carbons (Fsp3) is 0.533. The summed E-state index contributed by atoms with van der Waals surface area (Å²) >= 11 is 0. The summed E-state index contributed by atoms with van der Waals surface area (Å²) in [5.74, 6) is 1.90. The average molecular weight is 293 g/mol. The third kappa shape index (κ3) is 4.53. The molecule has 0 amide bonds. The van der Waals surface area contributed by atoms with Gasteiger partial charge in [0.25, 0.3) is 0 Å². The molecule has 1 aromatic rings. The minimum Gasteiger partial charge on any atom is -0.486 e. The molecule has 1 unspecified atom stereocenters. The second kappa shape index (κ2) is 7.73. The normalized spacial score (nSPS) is 15.8. The van der Waals surface area contributed by atoms with Crippen LogP contribution in [0.4, 0.5) is 0 Å². The fourth-order valence-electron chi connectivity index (χ4n) is 2.32. The van der Waals surface area contributed by atoms with Gasteiger partial charge in [0, 0.05) is 12.5 Å². The minimum atomic E-state index is 0.220. The molecule has 0 aromatic heterocycles. The van der Waals surface area contributed by atoms with Gasteiger partial charge in [0.1, 0.15) is 19.0 Å². The van der Waals surface area contributed by atoms with Gasteiger partial charge in [-0.3, -0.25) is 0 Å². The molecule has 0 fully saturated rings. The third-order valence-corrected chi connectivity index (χ3v) is 3.53. The van der Waals surface area contributed by atoms with Crippen molar-refractivity contribution in [3.63, 3.8) is 0 Å². The van der Waals surface area contributed by atoms with Crippen LogP contribution in [0.3, 0.4) is 0 Å². The molecule has 116 valence electrons. The molecule has 0 radical (unpaired) electrons. The lowest BCUT2D eigenvalue weighted by molar-refractivity contribution is 0.171. The molecular formula is C15H23N3O3. The molecule has 0 aliphatic carbocycles. The molecule has 0 bridgehead atoms. The second-order valence-corrected chi connectivity index (χ2v) is 5.08. The third-order valence-electron chi connectivity index (χ3n) is 3.53. The Bertz CT molecular complexity index is 491. The van der Waals surface area contributed by atoms with Crippen LogP contribution >= 0.6 is 0 Å². The first-order valence-corrected chi connectivity index (χ1v) is 7.31. The molecule has 21 heavy (non-hydrogen) atoms. The van der Waals surface area contributed by atoms with Gasteiger partial charge in [-0.05, 0) is 37.1 Å². The highest BCUT2D eigenvalue weighted by Crippen LogP contribution is 2.30. The largest absolute Gasteiger partial charge is 0.486 e. The van der Waals surface area contributed by atoms with E-state index >= 15 is 0 Å². The smallest absolute Gasteiger partial charge is 0.161 e. The fourth-order valence-corrected chi connectivity index (χ4v) is 2.32. The van der Waals surface area contributed by atoms with Crippen LogP contribution in [0, 0.1) is 0 Å². The van der Waals surface area contributed by atoms with Crippen molar-refractivity contribution in [2.24, 2.45) is 10.9 Å². The van der Waals surface area contributed by atoms with Crippen molar-refractivity contribution < 1.29 is 14.7 Å². The molecule has 0 saturated heterocycles. The van der Waals surface area contributed by atoms with Gasteiger partial charge in [-0.1, -0.05) is 18.1 Å². The van der Waals surface area contributed by atoms with E-state index in [1.165, 1.54) is 5.56 Å². The van der Waals surface area contributed by atoms with Crippen LogP contribution in [-0.4, -0.2) is 36.8 Å². The molecule has 4 N–H and O–H groups in total. The quantitative estimate of drug-likeness (QED) is 0.307. The summed E-state index contributed by atoms with van der Waals surface area (Å²) in [4.78, 5) is 0. The van der Waals surface area contributed by atoms with Gasteiger partial charge in [-0.2, -0.15) is 0 Å². The Morgan fingerprint density at radius 2 is 2.14 bits per heavy atom. The molecular weight excluding hydrogens is 270 g/mol. The van der Waals surface area contributed by atoms with E-state index in [2.05, 4.69) is 23.5 Å². The summed E-state index contributed by atoms with van der Waals surface area (Å²) in [6, 6.07) is 6.26. The highest BCUT2D eigenvalue weighted by atomic mass is 16.6. The molecule has 1 aromatic carbocycles. The number of hydrogen-bond acceptors (Lipinski definition) is 5. The van der Waals surface area contributed by atoms with Crippen molar-refractivity contribution in [1.29, 1.82) is 0 Å². The van der Waals surface area contributed by atoms with Crippen molar-refractivity contribution >= 4 is 5.84 Å². The van der Waals surface area contributed by atoms with Gasteiger partial charge in [0.2, 0.25) is 0 Å². The van der Waals surface area contributed by atoms with Gasteiger partial charge in [-0.15, -0.1) is 0 Å². The number of nitrogens with one attached hydrogen (secondary N) is 1. The second-order valence-electron chi connectivity index (χ2n) is 5.08. The molecule has 6 heteroatoms. The van der Waals surface area contributed by atoms with Crippen molar-refractivity contribution in [2.45, 2.75) is 32.2 Å². The predicted molar refractivity (Wildman–Crippen MR) is 81.2 cm³/mol. The topological polar surface area (TPSA) is 89.1 Å². The maximum atomic E-state index is 8.60. The highest BCUT2D eigenvalue weighted by Gasteiger charge is 2.12. The van der Waals surface area contributed by atoms with E-state index in [1.807, 2.05) is 12.1 Å². The molecule has 1 heterocycles. The number of oxime groups is 1. The summed E-state index contributed by atoms with van der Waals surface area (Å²) < 4.78 is 11.1. The van der Waals surface area contributed by atoms with E-state index in [0.29, 0.717) is 19.6 Å². The summed E-state index contributed by atoms with van der Waals surface area (Å²) in [5.41, 5.74) is 6.74. The van der Waals surface area contributed by atoms with Crippen LogP contribution in [0.25, 0.3) is 0 Å². The Morgan fingerprint density at radius 3 is 2.86 bits per heavy atom. The predicted octanol–water partition coefficient (Wildman–Crippen LogP) is 1.50. The van der Waals surface area contributed by atoms with Gasteiger partial charge in [-0.25, -0.2) is 0 Å². The number of ether oxygens (including phenoxy) is 2. The van der Waals surface area contributed by atoms with E-state index < -0.39 is 0 Å². The number of hydrogen-bond donors (Lipinski definition) is 3. The van der Waals surface area contributed by atoms with Crippen LogP contribution < -0.4 is 20.5 Å². The maximum Gasteiger partial charge on any atom is 0.161 e. The first kappa shape index (κ1) is 15.4. The summed E-state index contributed by atoms with van der Waals surface area (Å²) in [7, 11) is 0. The zero-order valence-electron chi connectivity index (χ0n) is 12.3. The van der Waals surface area contributed by atoms with Gasteiger partial charge in [0.05, 0.1) is 0 Å². The van der Waals surface area contributed by atoms with Crippen molar-refractivity contribution in [2.75, 3.05) is 19.8 Å². The molecule has 6 nitrogen and oxygen atoms in total. The Morgan fingerprint density at radius 1 is 1.38 bits per heavy atom. The number of nitrogens with zero attached hydrogens (tertiary/aromatic N) is 1. The Hall–Kier alpha value is -1.95. The molecule has 1 atom stereocenters. The van der Waals surface area contributed by atoms with E-state index in [4.69, 9.17) is 20.4 Å². The average Bonchev–Trinajstić information content (AvgIpc) is 2.53. The monoisotopic (exact) mass is 293 g/mol. The van der Waals surface area contributed by atoms with Crippen molar-refractivity contribution in [3.05, 3.63) is 23.8 Å². The number of fused-ring (bicyclic) bond motifs is 1. The number of amidine groups is 1. The molecule has 1 aliphatic heterocycles. The first-order valence-electron chi connectivity index (χ1n) is 7.31. The van der Waals surface area contributed by atoms with Crippen molar-refractivity contribution in [3.8, 4) is 11.5 Å². The Kier molecular flexibility index (Phi) is 5.68.